The van der Waals surface area contributed by atoms with E-state index in [0.29, 0.717) is 5.82 Å². The maximum Gasteiger partial charge on any atom is 0.324 e. The molecule has 126 valence electrons. The smallest absolute Gasteiger partial charge is 0.324 e. The van der Waals surface area contributed by atoms with E-state index in [1.165, 1.54) is 31.2 Å². The molecule has 0 aliphatic carbocycles. The largest absolute Gasteiger partial charge is 0.356 e. The number of urea groups is 1. The van der Waals surface area contributed by atoms with Gasteiger partial charge >= 0.3 is 6.03 Å². The predicted octanol–water partition coefficient (Wildman–Crippen LogP) is 3.67. The third kappa shape index (κ3) is 4.22. The van der Waals surface area contributed by atoms with Crippen LogP contribution in [-0.2, 0) is 6.42 Å². The highest BCUT2D eigenvalue weighted by molar-refractivity contribution is 5.99. The van der Waals surface area contributed by atoms with Gasteiger partial charge in [-0.3, -0.25) is 5.32 Å². The topological polar surface area (TPSA) is 70.2 Å². The first-order chi connectivity index (χ1) is 11.7. The van der Waals surface area contributed by atoms with Crippen LogP contribution >= 0.6 is 0 Å². The number of carbonyl (C=O) groups excluding carboxylic acids is 1. The molecule has 0 unspecified atom stereocenters. The van der Waals surface area contributed by atoms with Crippen LogP contribution in [0.5, 0.6) is 0 Å². The van der Waals surface area contributed by atoms with Gasteiger partial charge in [-0.05, 0) is 43.4 Å². The summed E-state index contributed by atoms with van der Waals surface area (Å²) in [5.74, 6) is 1.38. The molecule has 0 bridgehead atoms. The van der Waals surface area contributed by atoms with E-state index in [9.17, 15) is 4.79 Å². The van der Waals surface area contributed by atoms with Crippen LogP contribution in [0, 0.1) is 0 Å². The standard InChI is InChI=1S/C18H23N5O/c1-2-14-6-8-15(9-7-14)21-18(24)22-16-12-17(20-13-19-16)23-10-4-3-5-11-23/h6-9,12-13H,2-5,10-11H2,1H3,(H2,19,20,21,22,24). The highest BCUT2D eigenvalue weighted by atomic mass is 16.2. The molecule has 2 amide bonds. The molecule has 0 atom stereocenters. The van der Waals surface area contributed by atoms with Crippen molar-refractivity contribution in [2.75, 3.05) is 28.6 Å². The minimum absolute atomic E-state index is 0.303. The number of hydrogen-bond donors (Lipinski definition) is 2. The number of nitrogens with zero attached hydrogens (tertiary/aromatic N) is 3. The molecule has 6 heteroatoms. The molecule has 2 aromatic rings. The van der Waals surface area contributed by atoms with E-state index >= 15 is 0 Å². The Morgan fingerprint density at radius 1 is 1.08 bits per heavy atom. The van der Waals surface area contributed by atoms with Gasteiger partial charge < -0.3 is 10.2 Å². The molecule has 1 fully saturated rings. The number of nitrogens with one attached hydrogen (secondary N) is 2. The van der Waals surface area contributed by atoms with Crippen molar-refractivity contribution in [1.82, 2.24) is 9.97 Å². The molecule has 0 saturated carbocycles. The lowest BCUT2D eigenvalue weighted by atomic mass is 10.1. The summed E-state index contributed by atoms with van der Waals surface area (Å²) in [6, 6.07) is 9.34. The molecular weight excluding hydrogens is 302 g/mol. The molecule has 3 rings (SSSR count). The van der Waals surface area contributed by atoms with Crippen LogP contribution in [0.25, 0.3) is 0 Å². The second kappa shape index (κ2) is 7.77. The number of anilines is 3. The monoisotopic (exact) mass is 325 g/mol. The summed E-state index contributed by atoms with van der Waals surface area (Å²) in [6.07, 6.45) is 6.11. The van der Waals surface area contributed by atoms with Crippen molar-refractivity contribution in [3.8, 4) is 0 Å². The van der Waals surface area contributed by atoms with Crippen LogP contribution in [0.3, 0.4) is 0 Å². The summed E-state index contributed by atoms with van der Waals surface area (Å²) in [6.45, 7) is 4.11. The quantitative estimate of drug-likeness (QED) is 0.900. The first-order valence-corrected chi connectivity index (χ1v) is 8.48. The van der Waals surface area contributed by atoms with Crippen LogP contribution in [0.2, 0.25) is 0 Å². The Morgan fingerprint density at radius 3 is 2.54 bits per heavy atom. The number of carbonyl (C=O) groups is 1. The average Bonchev–Trinajstić information content (AvgIpc) is 2.63. The SMILES string of the molecule is CCc1ccc(NC(=O)Nc2cc(N3CCCCC3)ncn2)cc1. The molecule has 0 spiro atoms. The van der Waals surface area contributed by atoms with Gasteiger partial charge in [0.2, 0.25) is 0 Å². The van der Waals surface area contributed by atoms with E-state index in [1.54, 1.807) is 0 Å². The Labute approximate surface area is 142 Å². The van der Waals surface area contributed by atoms with Crippen molar-refractivity contribution in [1.29, 1.82) is 0 Å². The maximum absolute atomic E-state index is 12.1. The minimum Gasteiger partial charge on any atom is -0.356 e. The number of piperidine rings is 1. The number of aromatic nitrogens is 2. The third-order valence-electron chi connectivity index (χ3n) is 4.19. The Hall–Kier alpha value is -2.63. The van der Waals surface area contributed by atoms with Gasteiger partial charge in [0.15, 0.2) is 0 Å². The van der Waals surface area contributed by atoms with Crippen molar-refractivity contribution in [3.05, 3.63) is 42.2 Å². The molecule has 1 aromatic carbocycles. The van der Waals surface area contributed by atoms with Crippen molar-refractivity contribution in [3.63, 3.8) is 0 Å². The normalized spacial score (nSPS) is 14.3. The summed E-state index contributed by atoms with van der Waals surface area (Å²) in [4.78, 5) is 22.8. The zero-order valence-corrected chi connectivity index (χ0v) is 14.0. The van der Waals surface area contributed by atoms with Gasteiger partial charge in [-0.2, -0.15) is 0 Å². The minimum atomic E-state index is -0.303. The van der Waals surface area contributed by atoms with E-state index in [1.807, 2.05) is 30.3 Å². The van der Waals surface area contributed by atoms with Gasteiger partial charge in [-0.1, -0.05) is 19.1 Å². The summed E-state index contributed by atoms with van der Waals surface area (Å²) >= 11 is 0. The third-order valence-corrected chi connectivity index (χ3v) is 4.19. The Morgan fingerprint density at radius 2 is 1.83 bits per heavy atom. The molecule has 1 aliphatic rings. The zero-order valence-electron chi connectivity index (χ0n) is 14.0. The van der Waals surface area contributed by atoms with Crippen LogP contribution in [-0.4, -0.2) is 29.1 Å². The summed E-state index contributed by atoms with van der Waals surface area (Å²) in [5.41, 5.74) is 2.00. The highest BCUT2D eigenvalue weighted by Crippen LogP contribution is 2.19. The molecule has 2 heterocycles. The first-order valence-electron chi connectivity index (χ1n) is 8.48. The van der Waals surface area contributed by atoms with Gasteiger partial charge in [-0.25, -0.2) is 14.8 Å². The zero-order chi connectivity index (χ0) is 16.8. The van der Waals surface area contributed by atoms with E-state index in [0.717, 1.165) is 31.0 Å². The van der Waals surface area contributed by atoms with Gasteiger partial charge in [0.1, 0.15) is 18.0 Å². The Bertz CT molecular complexity index is 680. The van der Waals surface area contributed by atoms with Crippen molar-refractivity contribution >= 4 is 23.4 Å². The fourth-order valence-electron chi connectivity index (χ4n) is 2.81. The average molecular weight is 325 g/mol. The summed E-state index contributed by atoms with van der Waals surface area (Å²) in [5, 5.41) is 5.59. The van der Waals surface area contributed by atoms with Crippen LogP contribution in [0.1, 0.15) is 31.7 Å². The fraction of sp³-hybridized carbons (Fsp3) is 0.389. The number of rotatable bonds is 4. The molecule has 2 N–H and O–H groups in total. The van der Waals surface area contributed by atoms with Crippen molar-refractivity contribution in [2.24, 2.45) is 0 Å². The second-order valence-electron chi connectivity index (χ2n) is 5.94. The van der Waals surface area contributed by atoms with Crippen LogP contribution < -0.4 is 15.5 Å². The number of hydrogen-bond acceptors (Lipinski definition) is 4. The maximum atomic E-state index is 12.1. The first kappa shape index (κ1) is 16.2. The molecule has 1 saturated heterocycles. The Balaban J connectivity index is 1.61. The number of benzene rings is 1. The Kier molecular flexibility index (Phi) is 5.25. The number of amides is 2. The van der Waals surface area contributed by atoms with Gasteiger partial charge in [0.25, 0.3) is 0 Å². The molecule has 0 radical (unpaired) electrons. The molecular formula is C18H23N5O. The lowest BCUT2D eigenvalue weighted by Crippen LogP contribution is -2.30. The molecule has 1 aliphatic heterocycles. The van der Waals surface area contributed by atoms with E-state index < -0.39 is 0 Å². The van der Waals surface area contributed by atoms with Gasteiger partial charge in [0, 0.05) is 24.8 Å². The van der Waals surface area contributed by atoms with Crippen molar-refractivity contribution < 1.29 is 4.79 Å². The molecule has 1 aromatic heterocycles. The van der Waals surface area contributed by atoms with Crippen LogP contribution in [0.15, 0.2) is 36.7 Å². The molecule has 24 heavy (non-hydrogen) atoms. The van der Waals surface area contributed by atoms with E-state index in [4.69, 9.17) is 0 Å². The number of aryl methyl sites for hydroxylation is 1. The lowest BCUT2D eigenvalue weighted by Gasteiger charge is -2.27. The fourth-order valence-corrected chi connectivity index (χ4v) is 2.81. The second-order valence-corrected chi connectivity index (χ2v) is 5.94. The van der Waals surface area contributed by atoms with E-state index in [-0.39, 0.29) is 6.03 Å². The predicted molar refractivity (Wildman–Crippen MR) is 96.6 cm³/mol. The van der Waals surface area contributed by atoms with Gasteiger partial charge in [0.05, 0.1) is 0 Å². The summed E-state index contributed by atoms with van der Waals surface area (Å²) < 4.78 is 0. The van der Waals surface area contributed by atoms with Gasteiger partial charge in [-0.15, -0.1) is 0 Å². The summed E-state index contributed by atoms with van der Waals surface area (Å²) in [7, 11) is 0. The van der Waals surface area contributed by atoms with Crippen LogP contribution in [0.4, 0.5) is 22.1 Å². The van der Waals surface area contributed by atoms with E-state index in [2.05, 4.69) is 32.4 Å². The highest BCUT2D eigenvalue weighted by Gasteiger charge is 2.13. The van der Waals surface area contributed by atoms with Crippen molar-refractivity contribution in [2.45, 2.75) is 32.6 Å². The molecule has 6 nitrogen and oxygen atoms in total. The lowest BCUT2D eigenvalue weighted by molar-refractivity contribution is 0.262.